The van der Waals surface area contributed by atoms with E-state index in [2.05, 4.69) is 15.3 Å². The summed E-state index contributed by atoms with van der Waals surface area (Å²) in [6.45, 7) is 2.78. The number of piperidine rings is 1. The molecule has 1 saturated heterocycles. The molecular weight excluding hydrogens is 376 g/mol. The number of aromatic nitrogens is 2. The number of nitrogens with zero attached hydrogens (tertiary/aromatic N) is 3. The lowest BCUT2D eigenvalue weighted by atomic mass is 10.1. The molecule has 0 radical (unpaired) electrons. The van der Waals surface area contributed by atoms with E-state index in [9.17, 15) is 8.42 Å². The number of hydrogen-bond donors (Lipinski definition) is 1. The van der Waals surface area contributed by atoms with Gasteiger partial charge < -0.3 is 10.1 Å². The van der Waals surface area contributed by atoms with Crippen LogP contribution < -0.4 is 10.1 Å². The summed E-state index contributed by atoms with van der Waals surface area (Å²) >= 11 is 6.07. The third-order valence-corrected chi connectivity index (χ3v) is 6.56. The van der Waals surface area contributed by atoms with Crippen molar-refractivity contribution in [3.05, 3.63) is 41.3 Å². The highest BCUT2D eigenvalue weighted by molar-refractivity contribution is 7.89. The maximum Gasteiger partial charge on any atom is 0.243 e. The minimum atomic E-state index is -3.57. The molecule has 1 N–H and O–H groups in total. The zero-order valence-electron chi connectivity index (χ0n) is 14.6. The second-order valence-electron chi connectivity index (χ2n) is 6.16. The van der Waals surface area contributed by atoms with Gasteiger partial charge in [-0.1, -0.05) is 11.6 Å². The van der Waals surface area contributed by atoms with Crippen LogP contribution in [0.3, 0.4) is 0 Å². The molecule has 1 aromatic heterocycles. The van der Waals surface area contributed by atoms with Gasteiger partial charge in [0, 0.05) is 30.9 Å². The SMILES string of the molecule is COc1ccc(S(=O)(=O)N2CCC(Nc3cc(C)ncn3)CC2)cc1Cl. The van der Waals surface area contributed by atoms with Crippen LogP contribution >= 0.6 is 11.6 Å². The van der Waals surface area contributed by atoms with Crippen molar-refractivity contribution in [3.63, 3.8) is 0 Å². The molecule has 3 rings (SSSR count). The second-order valence-corrected chi connectivity index (χ2v) is 8.51. The largest absolute Gasteiger partial charge is 0.495 e. The van der Waals surface area contributed by atoms with Crippen LogP contribution in [0.25, 0.3) is 0 Å². The number of ether oxygens (including phenoxy) is 1. The van der Waals surface area contributed by atoms with Crippen molar-refractivity contribution in [1.82, 2.24) is 14.3 Å². The minimum Gasteiger partial charge on any atom is -0.495 e. The minimum absolute atomic E-state index is 0.176. The molecule has 7 nitrogen and oxygen atoms in total. The van der Waals surface area contributed by atoms with E-state index in [0.29, 0.717) is 31.7 Å². The fraction of sp³-hybridized carbons (Fsp3) is 0.412. The smallest absolute Gasteiger partial charge is 0.243 e. The van der Waals surface area contributed by atoms with E-state index >= 15 is 0 Å². The zero-order valence-corrected chi connectivity index (χ0v) is 16.2. The van der Waals surface area contributed by atoms with Crippen LogP contribution in [0.4, 0.5) is 5.82 Å². The highest BCUT2D eigenvalue weighted by Crippen LogP contribution is 2.29. The Hall–Kier alpha value is -1.90. The normalized spacial score (nSPS) is 16.4. The van der Waals surface area contributed by atoms with E-state index in [4.69, 9.17) is 16.3 Å². The summed E-state index contributed by atoms with van der Waals surface area (Å²) < 4.78 is 32.2. The van der Waals surface area contributed by atoms with Gasteiger partial charge in [-0.05, 0) is 38.0 Å². The average molecular weight is 397 g/mol. The number of rotatable bonds is 5. The highest BCUT2D eigenvalue weighted by atomic mass is 35.5. The van der Waals surface area contributed by atoms with Crippen molar-refractivity contribution in [2.24, 2.45) is 0 Å². The van der Waals surface area contributed by atoms with Gasteiger partial charge in [-0.15, -0.1) is 0 Å². The van der Waals surface area contributed by atoms with Crippen molar-refractivity contribution in [1.29, 1.82) is 0 Å². The predicted molar refractivity (Wildman–Crippen MR) is 100 cm³/mol. The Balaban J connectivity index is 1.66. The lowest BCUT2D eigenvalue weighted by molar-refractivity contribution is 0.329. The van der Waals surface area contributed by atoms with Gasteiger partial charge in [-0.2, -0.15) is 4.31 Å². The molecule has 2 heterocycles. The maximum atomic E-state index is 12.8. The number of aryl methyl sites for hydroxylation is 1. The number of benzene rings is 1. The van der Waals surface area contributed by atoms with Gasteiger partial charge in [0.1, 0.15) is 17.9 Å². The summed E-state index contributed by atoms with van der Waals surface area (Å²) in [7, 11) is -2.08. The van der Waals surface area contributed by atoms with Crippen LogP contribution in [0.15, 0.2) is 35.5 Å². The average Bonchev–Trinajstić information content (AvgIpc) is 2.62. The van der Waals surface area contributed by atoms with Crippen LogP contribution in [-0.2, 0) is 10.0 Å². The first kappa shape index (κ1) is 18.9. The molecule has 0 unspecified atom stereocenters. The molecule has 0 amide bonds. The lowest BCUT2D eigenvalue weighted by Crippen LogP contribution is -2.42. The molecule has 0 atom stereocenters. The number of halogens is 1. The Kier molecular flexibility index (Phi) is 5.64. The molecule has 26 heavy (non-hydrogen) atoms. The summed E-state index contributed by atoms with van der Waals surface area (Å²) in [6.07, 6.45) is 2.92. The van der Waals surface area contributed by atoms with Crippen molar-refractivity contribution in [2.75, 3.05) is 25.5 Å². The third-order valence-electron chi connectivity index (χ3n) is 4.37. The van der Waals surface area contributed by atoms with Crippen molar-refractivity contribution in [2.45, 2.75) is 30.7 Å². The molecule has 2 aromatic rings. The van der Waals surface area contributed by atoms with Gasteiger partial charge in [0.25, 0.3) is 0 Å². The van der Waals surface area contributed by atoms with E-state index in [1.165, 1.54) is 29.9 Å². The van der Waals surface area contributed by atoms with E-state index in [0.717, 1.165) is 11.5 Å². The van der Waals surface area contributed by atoms with E-state index in [1.807, 2.05) is 13.0 Å². The predicted octanol–water partition coefficient (Wildman–Crippen LogP) is 2.71. The molecule has 140 valence electrons. The number of anilines is 1. The van der Waals surface area contributed by atoms with Crippen molar-refractivity contribution < 1.29 is 13.2 Å². The molecule has 1 aliphatic heterocycles. The first-order chi connectivity index (χ1) is 12.4. The summed E-state index contributed by atoms with van der Waals surface area (Å²) in [6, 6.07) is 6.58. The van der Waals surface area contributed by atoms with Gasteiger partial charge in [0.2, 0.25) is 10.0 Å². The van der Waals surface area contributed by atoms with Crippen molar-refractivity contribution >= 4 is 27.4 Å². The zero-order chi connectivity index (χ0) is 18.7. The van der Waals surface area contributed by atoms with Gasteiger partial charge in [0.15, 0.2) is 0 Å². The number of methoxy groups -OCH3 is 1. The van der Waals surface area contributed by atoms with E-state index in [-0.39, 0.29) is 16.0 Å². The number of nitrogens with one attached hydrogen (secondary N) is 1. The first-order valence-corrected chi connectivity index (χ1v) is 10.1. The number of sulfonamides is 1. The molecule has 0 bridgehead atoms. The topological polar surface area (TPSA) is 84.4 Å². The Bertz CT molecular complexity index is 883. The quantitative estimate of drug-likeness (QED) is 0.836. The van der Waals surface area contributed by atoms with E-state index in [1.54, 1.807) is 6.07 Å². The monoisotopic (exact) mass is 396 g/mol. The Morgan fingerprint density at radius 2 is 1.96 bits per heavy atom. The lowest BCUT2D eigenvalue weighted by Gasteiger charge is -2.32. The van der Waals surface area contributed by atoms with Crippen LogP contribution in [0.2, 0.25) is 5.02 Å². The summed E-state index contributed by atoms with van der Waals surface area (Å²) in [5.41, 5.74) is 0.888. The second kappa shape index (κ2) is 7.77. The summed E-state index contributed by atoms with van der Waals surface area (Å²) in [5.74, 6) is 1.22. The van der Waals surface area contributed by atoms with Crippen LogP contribution in [0.5, 0.6) is 5.75 Å². The molecule has 0 spiro atoms. The van der Waals surface area contributed by atoms with E-state index < -0.39 is 10.0 Å². The van der Waals surface area contributed by atoms with Crippen molar-refractivity contribution in [3.8, 4) is 5.75 Å². The Labute approximate surface area is 158 Å². The molecule has 9 heteroatoms. The van der Waals surface area contributed by atoms with Gasteiger partial charge >= 0.3 is 0 Å². The Morgan fingerprint density at radius 3 is 2.58 bits per heavy atom. The Morgan fingerprint density at radius 1 is 1.23 bits per heavy atom. The molecule has 1 fully saturated rings. The first-order valence-electron chi connectivity index (χ1n) is 8.29. The third kappa shape index (κ3) is 4.08. The van der Waals surface area contributed by atoms with Gasteiger partial charge in [-0.25, -0.2) is 18.4 Å². The molecule has 1 aromatic carbocycles. The molecule has 0 saturated carbocycles. The maximum absolute atomic E-state index is 12.8. The molecular formula is C17H21ClN4O3S. The fourth-order valence-electron chi connectivity index (χ4n) is 2.94. The van der Waals surface area contributed by atoms with Gasteiger partial charge in [-0.3, -0.25) is 0 Å². The molecule has 1 aliphatic rings. The summed E-state index contributed by atoms with van der Waals surface area (Å²) in [5, 5.41) is 3.63. The fourth-order valence-corrected chi connectivity index (χ4v) is 4.76. The standard InChI is InChI=1S/C17H21ClN4O3S/c1-12-9-17(20-11-19-12)21-13-5-7-22(8-6-13)26(23,24)14-3-4-16(25-2)15(18)10-14/h3-4,9-11,13H,5-8H2,1-2H3,(H,19,20,21). The van der Waals surface area contributed by atoms with Gasteiger partial charge in [0.05, 0.1) is 17.0 Å². The molecule has 0 aliphatic carbocycles. The van der Waals surface area contributed by atoms with Crippen LogP contribution in [0, 0.1) is 6.92 Å². The van der Waals surface area contributed by atoms with Crippen LogP contribution in [-0.4, -0.2) is 48.9 Å². The number of hydrogen-bond acceptors (Lipinski definition) is 6. The highest BCUT2D eigenvalue weighted by Gasteiger charge is 2.30. The summed E-state index contributed by atoms with van der Waals surface area (Å²) in [4.78, 5) is 8.45. The van der Waals surface area contributed by atoms with Crippen LogP contribution in [0.1, 0.15) is 18.5 Å².